The van der Waals surface area contributed by atoms with Crippen molar-refractivity contribution in [2.45, 2.75) is 39.0 Å². The lowest BCUT2D eigenvalue weighted by Crippen LogP contribution is -2.42. The minimum Gasteiger partial charge on any atom is -0.331 e. The van der Waals surface area contributed by atoms with E-state index in [0.29, 0.717) is 5.92 Å². The first-order valence-corrected chi connectivity index (χ1v) is 7.64. The SMILES string of the molecule is Cc1ccc2c(c1)nc(C(C)(C)C1CCCNC1)n2C. The van der Waals surface area contributed by atoms with E-state index in [-0.39, 0.29) is 5.41 Å². The zero-order valence-corrected chi connectivity index (χ0v) is 13.0. The largest absolute Gasteiger partial charge is 0.331 e. The predicted octanol–water partition coefficient (Wildman–Crippen LogP) is 3.16. The molecule has 1 aliphatic heterocycles. The Morgan fingerprint density at radius 2 is 2.15 bits per heavy atom. The van der Waals surface area contributed by atoms with Crippen molar-refractivity contribution in [1.29, 1.82) is 0 Å². The van der Waals surface area contributed by atoms with Crippen molar-refractivity contribution in [3.8, 4) is 0 Å². The van der Waals surface area contributed by atoms with Crippen molar-refractivity contribution >= 4 is 11.0 Å². The van der Waals surface area contributed by atoms with Gasteiger partial charge in [-0.15, -0.1) is 0 Å². The van der Waals surface area contributed by atoms with E-state index in [2.05, 4.69) is 55.9 Å². The van der Waals surface area contributed by atoms with Crippen LogP contribution in [-0.2, 0) is 12.5 Å². The van der Waals surface area contributed by atoms with Crippen LogP contribution in [0.4, 0.5) is 0 Å². The second kappa shape index (κ2) is 4.88. The summed E-state index contributed by atoms with van der Waals surface area (Å²) in [5, 5.41) is 3.54. The van der Waals surface area contributed by atoms with Crippen LogP contribution in [0.25, 0.3) is 11.0 Å². The fraction of sp³-hybridized carbons (Fsp3) is 0.588. The maximum absolute atomic E-state index is 4.96. The van der Waals surface area contributed by atoms with Gasteiger partial charge in [-0.05, 0) is 56.5 Å². The summed E-state index contributed by atoms with van der Waals surface area (Å²) in [5.41, 5.74) is 3.75. The van der Waals surface area contributed by atoms with E-state index in [1.807, 2.05) is 0 Å². The number of benzene rings is 1. The Hall–Kier alpha value is -1.35. The quantitative estimate of drug-likeness (QED) is 0.909. The number of aromatic nitrogens is 2. The van der Waals surface area contributed by atoms with Gasteiger partial charge in [0.15, 0.2) is 0 Å². The minimum absolute atomic E-state index is 0.106. The Morgan fingerprint density at radius 1 is 1.35 bits per heavy atom. The van der Waals surface area contributed by atoms with Crippen LogP contribution < -0.4 is 5.32 Å². The highest BCUT2D eigenvalue weighted by atomic mass is 15.1. The first-order valence-electron chi connectivity index (χ1n) is 7.64. The van der Waals surface area contributed by atoms with Crippen molar-refractivity contribution in [3.63, 3.8) is 0 Å². The molecule has 0 bridgehead atoms. The summed E-state index contributed by atoms with van der Waals surface area (Å²) in [6, 6.07) is 6.55. The molecule has 108 valence electrons. The van der Waals surface area contributed by atoms with Gasteiger partial charge >= 0.3 is 0 Å². The third kappa shape index (κ3) is 2.14. The van der Waals surface area contributed by atoms with Crippen LogP contribution in [0, 0.1) is 12.8 Å². The normalized spacial score (nSPS) is 20.5. The molecule has 1 saturated heterocycles. The van der Waals surface area contributed by atoms with Gasteiger partial charge in [-0.1, -0.05) is 19.9 Å². The Bertz CT molecular complexity index is 618. The Kier molecular flexibility index (Phi) is 3.33. The molecule has 1 fully saturated rings. The number of imidazole rings is 1. The van der Waals surface area contributed by atoms with Crippen LogP contribution in [0.2, 0.25) is 0 Å². The highest BCUT2D eigenvalue weighted by molar-refractivity contribution is 5.77. The number of nitrogens with zero attached hydrogens (tertiary/aromatic N) is 2. The summed E-state index contributed by atoms with van der Waals surface area (Å²) in [5.74, 6) is 1.87. The van der Waals surface area contributed by atoms with Crippen LogP contribution in [-0.4, -0.2) is 22.6 Å². The molecule has 20 heavy (non-hydrogen) atoms. The second-order valence-electron chi connectivity index (χ2n) is 6.75. The number of nitrogens with one attached hydrogen (secondary N) is 1. The molecule has 3 rings (SSSR count). The molecule has 1 unspecified atom stereocenters. The first-order chi connectivity index (χ1) is 9.50. The standard InChI is InChI=1S/C17H25N3/c1-12-7-8-15-14(10-12)19-16(20(15)4)17(2,3)13-6-5-9-18-11-13/h7-8,10,13,18H,5-6,9,11H2,1-4H3. The van der Waals surface area contributed by atoms with Crippen molar-refractivity contribution in [3.05, 3.63) is 29.6 Å². The molecule has 0 saturated carbocycles. The third-order valence-electron chi connectivity index (χ3n) is 4.93. The van der Waals surface area contributed by atoms with E-state index in [0.717, 1.165) is 18.6 Å². The Morgan fingerprint density at radius 3 is 2.85 bits per heavy atom. The summed E-state index contributed by atoms with van der Waals surface area (Å²) in [6.45, 7) is 9.09. The summed E-state index contributed by atoms with van der Waals surface area (Å²) in [4.78, 5) is 4.96. The average molecular weight is 271 g/mol. The topological polar surface area (TPSA) is 29.9 Å². The Labute approximate surface area is 121 Å². The highest BCUT2D eigenvalue weighted by Crippen LogP contribution is 2.36. The summed E-state index contributed by atoms with van der Waals surface area (Å²) in [7, 11) is 2.15. The fourth-order valence-electron chi connectivity index (χ4n) is 3.54. The van der Waals surface area contributed by atoms with Gasteiger partial charge in [-0.3, -0.25) is 0 Å². The zero-order chi connectivity index (χ0) is 14.3. The lowest BCUT2D eigenvalue weighted by molar-refractivity contribution is 0.238. The molecule has 1 aromatic carbocycles. The lowest BCUT2D eigenvalue weighted by atomic mass is 9.74. The molecule has 0 radical (unpaired) electrons. The van der Waals surface area contributed by atoms with Gasteiger partial charge in [0.05, 0.1) is 11.0 Å². The van der Waals surface area contributed by atoms with Crippen molar-refractivity contribution in [2.75, 3.05) is 13.1 Å². The summed E-state index contributed by atoms with van der Waals surface area (Å²) < 4.78 is 2.28. The molecular formula is C17H25N3. The van der Waals surface area contributed by atoms with Gasteiger partial charge in [-0.25, -0.2) is 4.98 Å². The van der Waals surface area contributed by atoms with E-state index >= 15 is 0 Å². The Balaban J connectivity index is 2.06. The summed E-state index contributed by atoms with van der Waals surface area (Å²) >= 11 is 0. The molecule has 0 amide bonds. The molecule has 1 atom stereocenters. The summed E-state index contributed by atoms with van der Waals surface area (Å²) in [6.07, 6.45) is 2.57. The monoisotopic (exact) mass is 271 g/mol. The van der Waals surface area contributed by atoms with E-state index in [1.165, 1.54) is 29.7 Å². The van der Waals surface area contributed by atoms with Crippen molar-refractivity contribution in [1.82, 2.24) is 14.9 Å². The first kappa shape index (κ1) is 13.6. The van der Waals surface area contributed by atoms with Crippen LogP contribution in [0.5, 0.6) is 0 Å². The second-order valence-corrected chi connectivity index (χ2v) is 6.75. The van der Waals surface area contributed by atoms with Crippen LogP contribution in [0.3, 0.4) is 0 Å². The lowest BCUT2D eigenvalue weighted by Gasteiger charge is -2.36. The van der Waals surface area contributed by atoms with E-state index in [4.69, 9.17) is 4.98 Å². The molecular weight excluding hydrogens is 246 g/mol. The number of rotatable bonds is 2. The predicted molar refractivity (Wildman–Crippen MR) is 84.1 cm³/mol. The van der Waals surface area contributed by atoms with Crippen LogP contribution >= 0.6 is 0 Å². The van der Waals surface area contributed by atoms with Gasteiger partial charge in [0.2, 0.25) is 0 Å². The highest BCUT2D eigenvalue weighted by Gasteiger charge is 2.35. The number of fused-ring (bicyclic) bond motifs is 1. The number of piperidine rings is 1. The third-order valence-corrected chi connectivity index (χ3v) is 4.93. The van der Waals surface area contributed by atoms with Crippen molar-refractivity contribution in [2.24, 2.45) is 13.0 Å². The smallest absolute Gasteiger partial charge is 0.115 e. The van der Waals surface area contributed by atoms with Crippen LogP contribution in [0.1, 0.15) is 38.1 Å². The number of hydrogen-bond donors (Lipinski definition) is 1. The molecule has 1 aromatic heterocycles. The fourth-order valence-corrected chi connectivity index (χ4v) is 3.54. The number of hydrogen-bond acceptors (Lipinski definition) is 2. The van der Waals surface area contributed by atoms with Gasteiger partial charge < -0.3 is 9.88 Å². The van der Waals surface area contributed by atoms with Crippen LogP contribution in [0.15, 0.2) is 18.2 Å². The zero-order valence-electron chi connectivity index (χ0n) is 13.0. The van der Waals surface area contributed by atoms with E-state index in [9.17, 15) is 0 Å². The van der Waals surface area contributed by atoms with Gasteiger partial charge in [0.1, 0.15) is 5.82 Å². The van der Waals surface area contributed by atoms with Gasteiger partial charge in [0.25, 0.3) is 0 Å². The molecule has 1 aliphatic rings. The maximum atomic E-state index is 4.96. The molecule has 2 heterocycles. The molecule has 1 N–H and O–H groups in total. The maximum Gasteiger partial charge on any atom is 0.115 e. The van der Waals surface area contributed by atoms with E-state index < -0.39 is 0 Å². The van der Waals surface area contributed by atoms with Gasteiger partial charge in [-0.2, -0.15) is 0 Å². The molecule has 0 aliphatic carbocycles. The van der Waals surface area contributed by atoms with E-state index in [1.54, 1.807) is 0 Å². The van der Waals surface area contributed by atoms with Crippen molar-refractivity contribution < 1.29 is 0 Å². The molecule has 2 aromatic rings. The average Bonchev–Trinajstić information content (AvgIpc) is 2.77. The molecule has 0 spiro atoms. The molecule has 3 heteroatoms. The van der Waals surface area contributed by atoms with Gasteiger partial charge in [0, 0.05) is 12.5 Å². The number of aryl methyl sites for hydroxylation is 2. The molecule has 3 nitrogen and oxygen atoms in total. The minimum atomic E-state index is 0.106.